The molecule has 4 rings (SSSR count). The van der Waals surface area contributed by atoms with E-state index in [1.165, 1.54) is 19.3 Å². The molecule has 4 heteroatoms. The summed E-state index contributed by atoms with van der Waals surface area (Å²) in [6.45, 7) is 17.8. The Labute approximate surface area is 154 Å². The van der Waals surface area contributed by atoms with Crippen LogP contribution in [-0.4, -0.2) is 26.5 Å². The molecule has 0 aromatic rings. The van der Waals surface area contributed by atoms with Crippen molar-refractivity contribution in [1.82, 2.24) is 0 Å². The minimum absolute atomic E-state index is 0.209. The molecule has 0 radical (unpaired) electrons. The first-order valence-electron chi connectivity index (χ1n) is 9.96. The molecule has 142 valence electrons. The van der Waals surface area contributed by atoms with Gasteiger partial charge in [-0.3, -0.25) is 0 Å². The monoisotopic (exact) mass is 364 g/mol. The molecule has 4 aliphatic rings. The molecule has 0 aliphatic heterocycles. The van der Waals surface area contributed by atoms with Crippen molar-refractivity contribution in [1.29, 1.82) is 0 Å². The van der Waals surface area contributed by atoms with Crippen molar-refractivity contribution >= 4 is 14.3 Å². The van der Waals surface area contributed by atoms with Gasteiger partial charge in [-0.1, -0.05) is 27.4 Å². The van der Waals surface area contributed by atoms with E-state index >= 15 is 0 Å². The molecule has 25 heavy (non-hydrogen) atoms. The molecular weight excluding hydrogens is 328 g/mol. The van der Waals surface area contributed by atoms with Crippen molar-refractivity contribution < 1.29 is 14.0 Å². The number of ether oxygens (including phenoxy) is 1. The Balaban J connectivity index is 1.80. The second-order valence-corrected chi connectivity index (χ2v) is 15.3. The number of esters is 1. The smallest absolute Gasteiger partial charge is 0.333 e. The Bertz CT molecular complexity index is 546. The molecule has 4 fully saturated rings. The topological polar surface area (TPSA) is 35.5 Å². The van der Waals surface area contributed by atoms with E-state index in [1.54, 1.807) is 6.92 Å². The third-order valence-corrected chi connectivity index (χ3v) is 12.0. The van der Waals surface area contributed by atoms with Gasteiger partial charge in [0.25, 0.3) is 0 Å². The van der Waals surface area contributed by atoms with Crippen LogP contribution in [0.3, 0.4) is 0 Å². The fourth-order valence-corrected chi connectivity index (χ4v) is 6.33. The SMILES string of the molecule is C=C(C)C(=O)OC12CC3CC(CC(C3)C1CO[Si](C)(C)C(C)(C)C)C2. The first kappa shape index (κ1) is 19.2. The summed E-state index contributed by atoms with van der Waals surface area (Å²) in [5.74, 6) is 2.28. The zero-order valence-electron chi connectivity index (χ0n) is 17.0. The molecule has 0 amide bonds. The molecule has 0 heterocycles. The fraction of sp³-hybridized carbons (Fsp3) is 0.857. The van der Waals surface area contributed by atoms with Crippen molar-refractivity contribution in [3.05, 3.63) is 12.2 Å². The summed E-state index contributed by atoms with van der Waals surface area (Å²) in [5.41, 5.74) is 0.215. The molecule has 4 bridgehead atoms. The van der Waals surface area contributed by atoms with Gasteiger partial charge in [0, 0.05) is 18.1 Å². The maximum atomic E-state index is 12.4. The van der Waals surface area contributed by atoms with E-state index in [-0.39, 0.29) is 16.6 Å². The summed E-state index contributed by atoms with van der Waals surface area (Å²) in [5, 5.41) is 0.209. The van der Waals surface area contributed by atoms with Gasteiger partial charge in [-0.05, 0) is 74.9 Å². The highest BCUT2D eigenvalue weighted by Gasteiger charge is 2.59. The van der Waals surface area contributed by atoms with Crippen LogP contribution in [0.5, 0.6) is 0 Å². The second-order valence-electron chi connectivity index (χ2n) is 10.5. The lowest BCUT2D eigenvalue weighted by molar-refractivity contribution is -0.209. The molecule has 0 aromatic carbocycles. The van der Waals surface area contributed by atoms with Crippen LogP contribution in [0.15, 0.2) is 12.2 Å². The van der Waals surface area contributed by atoms with Crippen LogP contribution >= 0.6 is 0 Å². The van der Waals surface area contributed by atoms with Crippen LogP contribution in [0.2, 0.25) is 18.1 Å². The van der Waals surface area contributed by atoms with Crippen molar-refractivity contribution in [3.63, 3.8) is 0 Å². The van der Waals surface area contributed by atoms with E-state index in [1.807, 2.05) is 0 Å². The third-order valence-electron chi connectivity index (χ3n) is 7.53. The van der Waals surface area contributed by atoms with Crippen molar-refractivity contribution in [2.24, 2.45) is 23.7 Å². The van der Waals surface area contributed by atoms with Gasteiger partial charge in [-0.25, -0.2) is 4.79 Å². The van der Waals surface area contributed by atoms with Crippen LogP contribution in [0.1, 0.15) is 59.8 Å². The zero-order chi connectivity index (χ0) is 18.6. The summed E-state index contributed by atoms with van der Waals surface area (Å²) >= 11 is 0. The minimum Gasteiger partial charge on any atom is -0.455 e. The van der Waals surface area contributed by atoms with Gasteiger partial charge >= 0.3 is 5.97 Å². The van der Waals surface area contributed by atoms with Crippen molar-refractivity contribution in [2.75, 3.05) is 6.61 Å². The van der Waals surface area contributed by atoms with Gasteiger partial charge in [0.2, 0.25) is 0 Å². The predicted molar refractivity (Wildman–Crippen MR) is 104 cm³/mol. The summed E-state index contributed by atoms with van der Waals surface area (Å²) in [6, 6.07) is 0. The molecule has 4 saturated carbocycles. The largest absolute Gasteiger partial charge is 0.455 e. The quantitative estimate of drug-likeness (QED) is 0.376. The maximum Gasteiger partial charge on any atom is 0.333 e. The van der Waals surface area contributed by atoms with E-state index in [4.69, 9.17) is 9.16 Å². The van der Waals surface area contributed by atoms with Gasteiger partial charge in [0.1, 0.15) is 5.60 Å². The zero-order valence-corrected chi connectivity index (χ0v) is 18.0. The van der Waals surface area contributed by atoms with Gasteiger partial charge in [0.15, 0.2) is 8.32 Å². The van der Waals surface area contributed by atoms with E-state index in [9.17, 15) is 4.79 Å². The predicted octanol–water partition coefficient (Wildman–Crippen LogP) is 5.32. The summed E-state index contributed by atoms with van der Waals surface area (Å²) in [6.07, 6.45) is 6.00. The molecule has 0 N–H and O–H groups in total. The Morgan fingerprint density at radius 3 is 2.20 bits per heavy atom. The Morgan fingerprint density at radius 1 is 1.16 bits per heavy atom. The average Bonchev–Trinajstić information content (AvgIpc) is 2.43. The molecule has 0 spiro atoms. The lowest BCUT2D eigenvalue weighted by Crippen LogP contribution is -2.61. The second kappa shape index (κ2) is 6.23. The minimum atomic E-state index is -1.80. The first-order valence-corrected chi connectivity index (χ1v) is 12.9. The molecule has 3 nitrogen and oxygen atoms in total. The highest BCUT2D eigenvalue weighted by atomic mass is 28.4. The molecule has 3 atom stereocenters. The highest BCUT2D eigenvalue weighted by molar-refractivity contribution is 6.74. The molecule has 4 aliphatic carbocycles. The molecular formula is C21H36O3Si. The van der Waals surface area contributed by atoms with Crippen molar-refractivity contribution in [2.45, 2.75) is 83.5 Å². The number of hydrogen-bond donors (Lipinski definition) is 0. The van der Waals surface area contributed by atoms with Gasteiger partial charge in [-0.15, -0.1) is 0 Å². The van der Waals surface area contributed by atoms with E-state index in [2.05, 4.69) is 40.4 Å². The summed E-state index contributed by atoms with van der Waals surface area (Å²) < 4.78 is 12.8. The fourth-order valence-electron chi connectivity index (χ4n) is 5.30. The third kappa shape index (κ3) is 3.49. The lowest BCUT2D eigenvalue weighted by Gasteiger charge is -2.60. The van der Waals surface area contributed by atoms with Gasteiger partial charge < -0.3 is 9.16 Å². The van der Waals surface area contributed by atoms with Crippen LogP contribution in [0.25, 0.3) is 0 Å². The highest BCUT2D eigenvalue weighted by Crippen LogP contribution is 2.60. The van der Waals surface area contributed by atoms with Crippen molar-refractivity contribution in [3.8, 4) is 0 Å². The summed E-state index contributed by atoms with van der Waals surface area (Å²) in [4.78, 5) is 12.4. The molecule has 0 saturated heterocycles. The standard InChI is InChI=1S/C21H36O3Si/c1-14(2)19(22)24-21-11-15-8-16(12-21)10-17(9-15)18(21)13-23-25(6,7)20(3,4)5/h15-18H,1,8-13H2,2-7H3. The Morgan fingerprint density at radius 2 is 1.72 bits per heavy atom. The van der Waals surface area contributed by atoms with Crippen LogP contribution in [0, 0.1) is 23.7 Å². The van der Waals surface area contributed by atoms with Crippen LogP contribution in [-0.2, 0) is 14.0 Å². The van der Waals surface area contributed by atoms with E-state index < -0.39 is 8.32 Å². The van der Waals surface area contributed by atoms with Crippen LogP contribution < -0.4 is 0 Å². The van der Waals surface area contributed by atoms with Gasteiger partial charge in [-0.2, -0.15) is 0 Å². The Hall–Kier alpha value is -0.613. The van der Waals surface area contributed by atoms with E-state index in [0.29, 0.717) is 17.4 Å². The van der Waals surface area contributed by atoms with E-state index in [0.717, 1.165) is 31.3 Å². The summed E-state index contributed by atoms with van der Waals surface area (Å²) in [7, 11) is -1.80. The van der Waals surface area contributed by atoms with Gasteiger partial charge in [0.05, 0.1) is 0 Å². The van der Waals surface area contributed by atoms with Crippen LogP contribution in [0.4, 0.5) is 0 Å². The normalized spacial score (nSPS) is 37.2. The molecule has 0 aromatic heterocycles. The lowest BCUT2D eigenvalue weighted by atomic mass is 9.50. The first-order chi connectivity index (χ1) is 11.4. The number of rotatable bonds is 5. The number of carbonyl (C=O) groups is 1. The maximum absolute atomic E-state index is 12.4. The number of hydrogen-bond acceptors (Lipinski definition) is 3. The number of carbonyl (C=O) groups excluding carboxylic acids is 1. The average molecular weight is 365 g/mol. The molecule has 3 unspecified atom stereocenters. The Kier molecular flexibility index (Phi) is 4.77.